The van der Waals surface area contributed by atoms with Crippen molar-refractivity contribution in [1.29, 1.82) is 0 Å². The average Bonchev–Trinajstić information content (AvgIpc) is 3.52. The number of thioether (sulfide) groups is 1. The Morgan fingerprint density at radius 2 is 1.60 bits per heavy atom. The number of rotatable bonds is 7. The van der Waals surface area contributed by atoms with E-state index in [2.05, 4.69) is 4.98 Å². The highest BCUT2D eigenvalue weighted by atomic mass is 32.2. The Labute approximate surface area is 245 Å². The third kappa shape index (κ3) is 6.09. The number of sulfonamides is 1. The molecule has 0 saturated heterocycles. The quantitative estimate of drug-likeness (QED) is 0.168. The standard InChI is InChI=1S/C28H20F6N2O5S2/c1-15-22(35-25(41-15)17-10-18(27(29,30)31)13-19(11-17)28(32,33)34)14-42-20-6-8-21(9-7-20)43(39,40)36-23-5-3-2-4-16(23)12-24(36)26(37)38/h2-11,13,24H,12,14H2,1H3,(H,37,38)/t24-/m1/s1. The van der Waals surface area contributed by atoms with Gasteiger partial charge in [-0.2, -0.15) is 26.3 Å². The minimum atomic E-state index is -5.03. The minimum Gasteiger partial charge on any atom is -0.480 e. The smallest absolute Gasteiger partial charge is 0.416 e. The number of carboxylic acid groups (broad SMARTS) is 1. The monoisotopic (exact) mass is 642 g/mol. The molecule has 0 amide bonds. The molecule has 3 aromatic carbocycles. The van der Waals surface area contributed by atoms with Gasteiger partial charge in [0.15, 0.2) is 0 Å². The zero-order valence-corrected chi connectivity index (χ0v) is 23.5. The van der Waals surface area contributed by atoms with Gasteiger partial charge in [0.25, 0.3) is 10.0 Å². The van der Waals surface area contributed by atoms with Crippen molar-refractivity contribution < 1.29 is 49.1 Å². The maximum atomic E-state index is 13.4. The molecule has 0 radical (unpaired) electrons. The molecule has 1 atom stereocenters. The number of oxazole rings is 1. The second-order valence-electron chi connectivity index (χ2n) is 9.56. The molecule has 1 aromatic heterocycles. The van der Waals surface area contributed by atoms with E-state index in [1.165, 1.54) is 49.0 Å². The second kappa shape index (κ2) is 10.9. The molecule has 0 aliphatic carbocycles. The topological polar surface area (TPSA) is 101 Å². The fourth-order valence-electron chi connectivity index (χ4n) is 4.58. The summed E-state index contributed by atoms with van der Waals surface area (Å²) in [5, 5.41) is 9.66. The lowest BCUT2D eigenvalue weighted by molar-refractivity contribution is -0.143. The van der Waals surface area contributed by atoms with Gasteiger partial charge in [-0.3, -0.25) is 4.31 Å². The molecule has 0 unspecified atom stereocenters. The SMILES string of the molecule is Cc1oc(-c2cc(C(F)(F)F)cc(C(F)(F)F)c2)nc1CSc1ccc(S(=O)(=O)N2c3ccccc3C[C@@H]2C(=O)O)cc1. The number of hydrogen-bond donors (Lipinski definition) is 1. The van der Waals surface area contributed by atoms with Crippen molar-refractivity contribution in [2.75, 3.05) is 4.31 Å². The van der Waals surface area contributed by atoms with Crippen molar-refractivity contribution >= 4 is 33.4 Å². The van der Waals surface area contributed by atoms with Crippen LogP contribution < -0.4 is 4.31 Å². The summed E-state index contributed by atoms with van der Waals surface area (Å²) in [5.74, 6) is -1.41. The molecule has 5 rings (SSSR count). The summed E-state index contributed by atoms with van der Waals surface area (Å²) in [6, 6.07) is 11.9. The van der Waals surface area contributed by atoms with Crippen molar-refractivity contribution in [3.63, 3.8) is 0 Å². The zero-order valence-electron chi connectivity index (χ0n) is 21.9. The Bertz CT molecular complexity index is 1770. The molecule has 226 valence electrons. The molecule has 2 heterocycles. The van der Waals surface area contributed by atoms with E-state index in [4.69, 9.17) is 4.42 Å². The van der Waals surface area contributed by atoms with Gasteiger partial charge in [0.1, 0.15) is 11.8 Å². The van der Waals surface area contributed by atoms with Crippen LogP contribution in [0.5, 0.6) is 0 Å². The van der Waals surface area contributed by atoms with Crippen LogP contribution in [0.1, 0.15) is 28.1 Å². The average molecular weight is 643 g/mol. The van der Waals surface area contributed by atoms with E-state index in [0.717, 1.165) is 4.31 Å². The first-order valence-electron chi connectivity index (χ1n) is 12.4. The van der Waals surface area contributed by atoms with Crippen LogP contribution in [0.2, 0.25) is 0 Å². The summed E-state index contributed by atoms with van der Waals surface area (Å²) in [6.45, 7) is 1.47. The van der Waals surface area contributed by atoms with Crippen LogP contribution in [0.4, 0.5) is 32.0 Å². The fraction of sp³-hybridized carbons (Fsp3) is 0.214. The van der Waals surface area contributed by atoms with Crippen molar-refractivity contribution in [3.8, 4) is 11.5 Å². The summed E-state index contributed by atoms with van der Waals surface area (Å²) >= 11 is 1.17. The van der Waals surface area contributed by atoms with E-state index in [1.54, 1.807) is 18.2 Å². The lowest BCUT2D eigenvalue weighted by atomic mass is 10.0. The number of carboxylic acids is 1. The van der Waals surface area contributed by atoms with Gasteiger partial charge < -0.3 is 9.52 Å². The molecule has 0 saturated carbocycles. The number of aryl methyl sites for hydroxylation is 1. The van der Waals surface area contributed by atoms with Crippen LogP contribution >= 0.6 is 11.8 Å². The molecule has 1 N–H and O–H groups in total. The third-order valence-corrected chi connectivity index (χ3v) is 9.55. The largest absolute Gasteiger partial charge is 0.480 e. The van der Waals surface area contributed by atoms with Gasteiger partial charge >= 0.3 is 18.3 Å². The number of alkyl halides is 6. The Morgan fingerprint density at radius 3 is 2.19 bits per heavy atom. The van der Waals surface area contributed by atoms with E-state index >= 15 is 0 Å². The summed E-state index contributed by atoms with van der Waals surface area (Å²) in [7, 11) is -4.24. The highest BCUT2D eigenvalue weighted by molar-refractivity contribution is 7.98. The number of aromatic nitrogens is 1. The first kappa shape index (κ1) is 30.5. The Kier molecular flexibility index (Phi) is 7.75. The molecule has 1 aliphatic rings. The predicted octanol–water partition coefficient (Wildman–Crippen LogP) is 7.18. The van der Waals surface area contributed by atoms with Crippen LogP contribution in [0.25, 0.3) is 11.5 Å². The van der Waals surface area contributed by atoms with Crippen LogP contribution in [0.15, 0.2) is 80.9 Å². The number of nitrogens with zero attached hydrogens (tertiary/aromatic N) is 2. The first-order chi connectivity index (χ1) is 20.1. The Balaban J connectivity index is 1.35. The number of anilines is 1. The zero-order chi connectivity index (χ0) is 31.3. The van der Waals surface area contributed by atoms with Crippen LogP contribution in [-0.4, -0.2) is 30.5 Å². The van der Waals surface area contributed by atoms with E-state index in [1.807, 2.05) is 0 Å². The van der Waals surface area contributed by atoms with Crippen LogP contribution in [0, 0.1) is 6.92 Å². The first-order valence-corrected chi connectivity index (χ1v) is 14.8. The number of halogens is 6. The van der Waals surface area contributed by atoms with E-state index in [-0.39, 0.29) is 40.3 Å². The molecule has 7 nitrogen and oxygen atoms in total. The summed E-state index contributed by atoms with van der Waals surface area (Å²) < 4.78 is 113. The van der Waals surface area contributed by atoms with Gasteiger partial charge in [-0.1, -0.05) is 18.2 Å². The number of hydrogen-bond acceptors (Lipinski definition) is 6. The number of benzene rings is 3. The van der Waals surface area contributed by atoms with Crippen molar-refractivity contribution in [2.45, 2.75) is 47.3 Å². The maximum absolute atomic E-state index is 13.4. The molecule has 0 spiro atoms. The van der Waals surface area contributed by atoms with E-state index < -0.39 is 57.0 Å². The van der Waals surface area contributed by atoms with E-state index in [9.17, 15) is 44.7 Å². The number of para-hydroxylation sites is 1. The van der Waals surface area contributed by atoms with Crippen molar-refractivity contribution in [2.24, 2.45) is 0 Å². The lowest BCUT2D eigenvalue weighted by Crippen LogP contribution is -2.42. The summed E-state index contributed by atoms with van der Waals surface area (Å²) in [4.78, 5) is 16.4. The van der Waals surface area contributed by atoms with Crippen LogP contribution in [-0.2, 0) is 39.3 Å². The predicted molar refractivity (Wildman–Crippen MR) is 144 cm³/mol. The highest BCUT2D eigenvalue weighted by Crippen LogP contribution is 2.40. The summed E-state index contributed by atoms with van der Waals surface area (Å²) in [5.41, 5.74) is -2.33. The van der Waals surface area contributed by atoms with E-state index in [0.29, 0.717) is 22.6 Å². The van der Waals surface area contributed by atoms with Gasteiger partial charge in [0, 0.05) is 22.6 Å². The molecular formula is C28H20F6N2O5S2. The van der Waals surface area contributed by atoms with Crippen molar-refractivity contribution in [3.05, 3.63) is 94.9 Å². The summed E-state index contributed by atoms with van der Waals surface area (Å²) in [6.07, 6.45) is -10.0. The highest BCUT2D eigenvalue weighted by Gasteiger charge is 2.42. The molecular weight excluding hydrogens is 622 g/mol. The van der Waals surface area contributed by atoms with Crippen molar-refractivity contribution in [1.82, 2.24) is 4.98 Å². The molecule has 0 bridgehead atoms. The molecule has 4 aromatic rings. The number of aliphatic carboxylic acids is 1. The van der Waals surface area contributed by atoms with Gasteiger partial charge in [-0.15, -0.1) is 11.8 Å². The maximum Gasteiger partial charge on any atom is 0.416 e. The number of carbonyl (C=O) groups is 1. The van der Waals surface area contributed by atoms with Gasteiger partial charge in [-0.05, 0) is 61.0 Å². The third-order valence-electron chi connectivity index (χ3n) is 6.69. The fourth-order valence-corrected chi connectivity index (χ4v) is 7.12. The van der Waals surface area contributed by atoms with Gasteiger partial charge in [0.2, 0.25) is 5.89 Å². The Morgan fingerprint density at radius 1 is 1.00 bits per heavy atom. The number of fused-ring (bicyclic) bond motifs is 1. The van der Waals surface area contributed by atoms with Gasteiger partial charge in [0.05, 0.1) is 27.4 Å². The van der Waals surface area contributed by atoms with Crippen LogP contribution in [0.3, 0.4) is 0 Å². The molecule has 1 aliphatic heterocycles. The normalized spacial score (nSPS) is 15.5. The molecule has 43 heavy (non-hydrogen) atoms. The molecule has 15 heteroatoms. The molecule has 0 fully saturated rings. The van der Waals surface area contributed by atoms with Gasteiger partial charge in [-0.25, -0.2) is 18.2 Å². The minimum absolute atomic E-state index is 0.0181. The Hall–Kier alpha value is -3.98. The second-order valence-corrected chi connectivity index (χ2v) is 12.4. The lowest BCUT2D eigenvalue weighted by Gasteiger charge is -2.24.